The molecule has 0 fully saturated rings. The largest absolute Gasteiger partial charge is 0.374 e. The van der Waals surface area contributed by atoms with Gasteiger partial charge in [-0.05, 0) is 25.0 Å². The number of aliphatic imine (C=N–C) groups is 1. The summed E-state index contributed by atoms with van der Waals surface area (Å²) in [4.78, 5) is 4.54. The lowest BCUT2D eigenvalue weighted by atomic mass is 10.0. The summed E-state index contributed by atoms with van der Waals surface area (Å²) in [6.07, 6.45) is 2.16. The summed E-state index contributed by atoms with van der Waals surface area (Å²) in [6.45, 7) is 3.06. The summed E-state index contributed by atoms with van der Waals surface area (Å²) >= 11 is 0. The second kappa shape index (κ2) is 5.01. The summed E-state index contributed by atoms with van der Waals surface area (Å²) in [6, 6.07) is 8.34. The number of hydrogen-bond donors (Lipinski definition) is 1. The molecule has 0 aromatic heterocycles. The van der Waals surface area contributed by atoms with Crippen molar-refractivity contribution in [3.63, 3.8) is 0 Å². The molecule has 0 spiro atoms. The van der Waals surface area contributed by atoms with Crippen LogP contribution in [0.1, 0.15) is 18.9 Å². The highest BCUT2D eigenvalue weighted by molar-refractivity contribution is 5.87. The van der Waals surface area contributed by atoms with E-state index in [-0.39, 0.29) is 12.4 Å². The monoisotopic (exact) mass is 210 g/mol. The number of halogens is 1. The molecule has 14 heavy (non-hydrogen) atoms. The number of fused-ring (bicyclic) bond motifs is 1. The highest BCUT2D eigenvalue weighted by atomic mass is 35.5. The summed E-state index contributed by atoms with van der Waals surface area (Å²) < 4.78 is 0. The van der Waals surface area contributed by atoms with Crippen LogP contribution in [0, 0.1) is 0 Å². The third kappa shape index (κ3) is 2.26. The third-order valence-corrected chi connectivity index (χ3v) is 2.26. The van der Waals surface area contributed by atoms with Crippen LogP contribution in [0.2, 0.25) is 0 Å². The van der Waals surface area contributed by atoms with Gasteiger partial charge in [0.1, 0.15) is 5.84 Å². The second-order valence-electron chi connectivity index (χ2n) is 3.22. The van der Waals surface area contributed by atoms with Gasteiger partial charge in [-0.1, -0.05) is 18.2 Å². The van der Waals surface area contributed by atoms with E-state index in [2.05, 4.69) is 35.4 Å². The molecule has 0 radical (unpaired) electrons. The van der Waals surface area contributed by atoms with Crippen molar-refractivity contribution in [2.75, 3.05) is 6.54 Å². The molecular formula is C11H15ClN2. The molecule has 1 aliphatic heterocycles. The Morgan fingerprint density at radius 3 is 2.86 bits per heavy atom. The number of aryl methyl sites for hydroxylation is 1. The Morgan fingerprint density at radius 1 is 1.29 bits per heavy atom. The van der Waals surface area contributed by atoms with Gasteiger partial charge in [0, 0.05) is 13.0 Å². The first-order valence-corrected chi connectivity index (χ1v) is 4.79. The predicted molar refractivity (Wildman–Crippen MR) is 62.8 cm³/mol. The molecule has 1 heterocycles. The molecule has 0 atom stereocenters. The second-order valence-corrected chi connectivity index (χ2v) is 3.22. The number of rotatable bonds is 1. The van der Waals surface area contributed by atoms with Crippen molar-refractivity contribution in [1.82, 2.24) is 5.32 Å². The smallest absolute Gasteiger partial charge is 0.103 e. The van der Waals surface area contributed by atoms with Gasteiger partial charge >= 0.3 is 0 Å². The fraction of sp³-hybridized carbons (Fsp3) is 0.364. The zero-order chi connectivity index (χ0) is 9.10. The molecule has 0 saturated heterocycles. The van der Waals surface area contributed by atoms with E-state index in [9.17, 15) is 0 Å². The SMILES string of the molecule is CCNC1=Nc2ccccc2CC1.Cl. The molecule has 0 saturated carbocycles. The summed E-state index contributed by atoms with van der Waals surface area (Å²) in [5, 5.41) is 3.28. The Morgan fingerprint density at radius 2 is 2.07 bits per heavy atom. The van der Waals surface area contributed by atoms with E-state index in [4.69, 9.17) is 0 Å². The minimum atomic E-state index is 0. The maximum absolute atomic E-state index is 4.54. The number of nitrogens with zero attached hydrogens (tertiary/aromatic N) is 1. The average molecular weight is 211 g/mol. The quantitative estimate of drug-likeness (QED) is 0.758. The van der Waals surface area contributed by atoms with Crippen molar-refractivity contribution < 1.29 is 0 Å². The van der Waals surface area contributed by atoms with E-state index in [0.717, 1.165) is 30.9 Å². The lowest BCUT2D eigenvalue weighted by Crippen LogP contribution is -2.24. The van der Waals surface area contributed by atoms with Crippen molar-refractivity contribution in [3.05, 3.63) is 29.8 Å². The first-order valence-electron chi connectivity index (χ1n) is 4.79. The molecule has 0 unspecified atom stereocenters. The van der Waals surface area contributed by atoms with Gasteiger partial charge in [-0.3, -0.25) is 0 Å². The molecule has 1 N–H and O–H groups in total. The molecule has 76 valence electrons. The van der Waals surface area contributed by atoms with Crippen molar-refractivity contribution in [2.24, 2.45) is 4.99 Å². The molecule has 3 heteroatoms. The van der Waals surface area contributed by atoms with E-state index in [0.29, 0.717) is 0 Å². The molecule has 0 bridgehead atoms. The number of amidine groups is 1. The molecule has 1 aromatic carbocycles. The summed E-state index contributed by atoms with van der Waals surface area (Å²) in [5.74, 6) is 1.13. The molecule has 0 aliphatic carbocycles. The van der Waals surface area contributed by atoms with Crippen LogP contribution >= 0.6 is 12.4 Å². The van der Waals surface area contributed by atoms with Crippen molar-refractivity contribution in [2.45, 2.75) is 19.8 Å². The normalized spacial score (nSPS) is 13.6. The van der Waals surface area contributed by atoms with Gasteiger partial charge in [-0.15, -0.1) is 12.4 Å². The highest BCUT2D eigenvalue weighted by Crippen LogP contribution is 2.24. The summed E-state index contributed by atoms with van der Waals surface area (Å²) in [5.41, 5.74) is 2.49. The van der Waals surface area contributed by atoms with Crippen LogP contribution in [0.25, 0.3) is 0 Å². The average Bonchev–Trinajstić information content (AvgIpc) is 2.18. The Hall–Kier alpha value is -1.02. The fourth-order valence-electron chi connectivity index (χ4n) is 1.62. The maximum Gasteiger partial charge on any atom is 0.103 e. The number of hydrogen-bond acceptors (Lipinski definition) is 2. The van der Waals surface area contributed by atoms with Gasteiger partial charge in [0.05, 0.1) is 5.69 Å². The minimum Gasteiger partial charge on any atom is -0.374 e. The van der Waals surface area contributed by atoms with Crippen LogP contribution in [0.15, 0.2) is 29.3 Å². The van der Waals surface area contributed by atoms with Gasteiger partial charge < -0.3 is 5.32 Å². The molecule has 2 nitrogen and oxygen atoms in total. The Kier molecular flexibility index (Phi) is 3.96. The van der Waals surface area contributed by atoms with E-state index in [1.165, 1.54) is 5.56 Å². The molecule has 1 aliphatic rings. The van der Waals surface area contributed by atoms with Crippen LogP contribution in [-0.2, 0) is 6.42 Å². The van der Waals surface area contributed by atoms with Crippen LogP contribution < -0.4 is 5.32 Å². The zero-order valence-electron chi connectivity index (χ0n) is 8.29. The number of benzene rings is 1. The van der Waals surface area contributed by atoms with Crippen LogP contribution in [-0.4, -0.2) is 12.4 Å². The van der Waals surface area contributed by atoms with E-state index in [1.54, 1.807) is 0 Å². The standard InChI is InChI=1S/C11H14N2.ClH/c1-2-12-11-8-7-9-5-3-4-6-10(9)13-11;/h3-6H,2,7-8H2,1H3,(H,12,13);1H. The predicted octanol–water partition coefficient (Wildman–Crippen LogP) is 2.69. The van der Waals surface area contributed by atoms with Gasteiger partial charge in [0.25, 0.3) is 0 Å². The van der Waals surface area contributed by atoms with E-state index in [1.807, 2.05) is 6.07 Å². The van der Waals surface area contributed by atoms with Gasteiger partial charge in [-0.25, -0.2) is 4.99 Å². The van der Waals surface area contributed by atoms with Crippen LogP contribution in [0.4, 0.5) is 5.69 Å². The molecular weight excluding hydrogens is 196 g/mol. The Balaban J connectivity index is 0.000000980. The first-order chi connectivity index (χ1) is 6.40. The van der Waals surface area contributed by atoms with E-state index >= 15 is 0 Å². The van der Waals surface area contributed by atoms with Crippen molar-refractivity contribution in [1.29, 1.82) is 0 Å². The number of nitrogens with one attached hydrogen (secondary N) is 1. The lowest BCUT2D eigenvalue weighted by molar-refractivity contribution is 0.886. The maximum atomic E-state index is 4.54. The topological polar surface area (TPSA) is 24.4 Å². The van der Waals surface area contributed by atoms with E-state index < -0.39 is 0 Å². The lowest BCUT2D eigenvalue weighted by Gasteiger charge is -2.15. The van der Waals surface area contributed by atoms with Gasteiger partial charge in [-0.2, -0.15) is 0 Å². The zero-order valence-corrected chi connectivity index (χ0v) is 9.10. The molecule has 0 amide bonds. The third-order valence-electron chi connectivity index (χ3n) is 2.26. The number of para-hydroxylation sites is 1. The molecule has 2 rings (SSSR count). The highest BCUT2D eigenvalue weighted by Gasteiger charge is 2.09. The first kappa shape index (κ1) is 11.1. The van der Waals surface area contributed by atoms with Crippen LogP contribution in [0.3, 0.4) is 0 Å². The van der Waals surface area contributed by atoms with Gasteiger partial charge in [0.15, 0.2) is 0 Å². The van der Waals surface area contributed by atoms with Gasteiger partial charge in [0.2, 0.25) is 0 Å². The Labute approximate surface area is 90.8 Å². The summed E-state index contributed by atoms with van der Waals surface area (Å²) in [7, 11) is 0. The van der Waals surface area contributed by atoms with Crippen molar-refractivity contribution >= 4 is 23.9 Å². The molecule has 1 aromatic rings. The van der Waals surface area contributed by atoms with Crippen LogP contribution in [0.5, 0.6) is 0 Å². The fourth-order valence-corrected chi connectivity index (χ4v) is 1.62. The van der Waals surface area contributed by atoms with Crippen molar-refractivity contribution in [3.8, 4) is 0 Å². The Bertz CT molecular complexity index is 334. The minimum absolute atomic E-state index is 0.